The number of aliphatic hydroxyl groups is 1. The average molecular weight is 259 g/mol. The molecule has 1 aromatic heterocycles. The number of rotatable bonds is 4. The molecule has 0 unspecified atom stereocenters. The third-order valence-electron chi connectivity index (χ3n) is 2.86. The van der Waals surface area contributed by atoms with Crippen molar-refractivity contribution in [3.8, 4) is 0 Å². The number of aryl methyl sites for hydroxylation is 2. The largest absolute Gasteiger partial charge is 0.392 e. The van der Waals surface area contributed by atoms with Crippen LogP contribution in [0.2, 0.25) is 0 Å². The van der Waals surface area contributed by atoms with E-state index in [2.05, 4.69) is 10.4 Å². The van der Waals surface area contributed by atoms with Crippen molar-refractivity contribution in [3.05, 3.63) is 47.3 Å². The predicted octanol–water partition coefficient (Wildman–Crippen LogP) is 1.63. The van der Waals surface area contributed by atoms with Crippen LogP contribution in [0, 0.1) is 13.8 Å². The first-order chi connectivity index (χ1) is 9.10. The normalized spacial score (nSPS) is 10.5. The lowest BCUT2D eigenvalue weighted by Crippen LogP contribution is -2.21. The first-order valence-corrected chi connectivity index (χ1v) is 6.10. The monoisotopic (exact) mass is 259 g/mol. The van der Waals surface area contributed by atoms with Crippen molar-refractivity contribution in [2.24, 2.45) is 0 Å². The van der Waals surface area contributed by atoms with E-state index in [1.807, 2.05) is 32.0 Å². The van der Waals surface area contributed by atoms with Gasteiger partial charge in [0.2, 0.25) is 5.91 Å². The van der Waals surface area contributed by atoms with Gasteiger partial charge in [-0.15, -0.1) is 0 Å². The molecular formula is C14H17N3O2. The zero-order valence-electron chi connectivity index (χ0n) is 11.1. The van der Waals surface area contributed by atoms with Crippen LogP contribution in [0.5, 0.6) is 0 Å². The third kappa shape index (κ3) is 3.20. The highest BCUT2D eigenvalue weighted by molar-refractivity contribution is 5.91. The minimum atomic E-state index is -0.160. The smallest absolute Gasteiger partial charge is 0.246 e. The lowest BCUT2D eigenvalue weighted by Gasteiger charge is -2.10. The van der Waals surface area contributed by atoms with Crippen LogP contribution in [0.4, 0.5) is 5.69 Å². The molecule has 0 saturated carbocycles. The number of benzene rings is 1. The number of hydrogen-bond acceptors (Lipinski definition) is 3. The Morgan fingerprint density at radius 1 is 1.37 bits per heavy atom. The summed E-state index contributed by atoms with van der Waals surface area (Å²) < 4.78 is 1.66. The van der Waals surface area contributed by atoms with Crippen LogP contribution in [-0.4, -0.2) is 20.8 Å². The van der Waals surface area contributed by atoms with Gasteiger partial charge >= 0.3 is 0 Å². The first kappa shape index (κ1) is 13.3. The van der Waals surface area contributed by atoms with Gasteiger partial charge in [0.1, 0.15) is 6.54 Å². The summed E-state index contributed by atoms with van der Waals surface area (Å²) in [6, 6.07) is 9.11. The van der Waals surface area contributed by atoms with Gasteiger partial charge in [-0.1, -0.05) is 18.2 Å². The van der Waals surface area contributed by atoms with Gasteiger partial charge in [-0.3, -0.25) is 9.48 Å². The minimum absolute atomic E-state index is 0.101. The number of amides is 1. The molecular weight excluding hydrogens is 242 g/mol. The van der Waals surface area contributed by atoms with E-state index in [1.165, 1.54) is 0 Å². The number of anilines is 1. The number of aliphatic hydroxyl groups excluding tert-OH is 1. The van der Waals surface area contributed by atoms with E-state index in [0.29, 0.717) is 11.3 Å². The number of nitrogens with one attached hydrogen (secondary N) is 1. The van der Waals surface area contributed by atoms with Gasteiger partial charge in [0.15, 0.2) is 0 Å². The second kappa shape index (κ2) is 5.67. The summed E-state index contributed by atoms with van der Waals surface area (Å²) in [5, 5.41) is 16.2. The van der Waals surface area contributed by atoms with Gasteiger partial charge in [-0.05, 0) is 26.0 Å². The summed E-state index contributed by atoms with van der Waals surface area (Å²) in [7, 11) is 0. The standard InChI is InChI=1S/C14H17N3O2/c1-10-7-11(2)17(16-10)8-14(19)15-13-6-4-3-5-12(13)9-18/h3-7,18H,8-9H2,1-2H3,(H,15,19). The number of carbonyl (C=O) groups is 1. The van der Waals surface area contributed by atoms with Crippen molar-refractivity contribution in [3.63, 3.8) is 0 Å². The van der Waals surface area contributed by atoms with Crippen molar-refractivity contribution in [2.45, 2.75) is 27.0 Å². The molecule has 0 radical (unpaired) electrons. The van der Waals surface area contributed by atoms with E-state index in [0.717, 1.165) is 11.4 Å². The summed E-state index contributed by atoms with van der Waals surface area (Å²) in [5.41, 5.74) is 3.17. The van der Waals surface area contributed by atoms with Crippen LogP contribution in [0.1, 0.15) is 17.0 Å². The molecule has 0 saturated heterocycles. The van der Waals surface area contributed by atoms with Crippen molar-refractivity contribution in [2.75, 3.05) is 5.32 Å². The lowest BCUT2D eigenvalue weighted by molar-refractivity contribution is -0.116. The number of nitrogens with zero attached hydrogens (tertiary/aromatic N) is 2. The Bertz CT molecular complexity index is 590. The molecule has 2 N–H and O–H groups in total. The molecule has 0 aliphatic carbocycles. The van der Waals surface area contributed by atoms with E-state index >= 15 is 0 Å². The molecule has 1 amide bonds. The van der Waals surface area contributed by atoms with E-state index in [9.17, 15) is 9.90 Å². The lowest BCUT2D eigenvalue weighted by atomic mass is 10.2. The summed E-state index contributed by atoms with van der Waals surface area (Å²) in [5.74, 6) is -0.160. The van der Waals surface area contributed by atoms with E-state index < -0.39 is 0 Å². The van der Waals surface area contributed by atoms with Crippen LogP contribution in [0.25, 0.3) is 0 Å². The maximum atomic E-state index is 12.0. The molecule has 0 fully saturated rings. The molecule has 0 atom stereocenters. The van der Waals surface area contributed by atoms with E-state index in [-0.39, 0.29) is 19.1 Å². The highest BCUT2D eigenvalue weighted by Crippen LogP contribution is 2.14. The molecule has 5 heteroatoms. The molecule has 2 aromatic rings. The van der Waals surface area contributed by atoms with E-state index in [1.54, 1.807) is 16.8 Å². The fraction of sp³-hybridized carbons (Fsp3) is 0.286. The van der Waals surface area contributed by atoms with Gasteiger partial charge in [-0.2, -0.15) is 5.10 Å². The van der Waals surface area contributed by atoms with Gasteiger partial charge in [0, 0.05) is 16.9 Å². The maximum absolute atomic E-state index is 12.0. The van der Waals surface area contributed by atoms with Crippen LogP contribution in [0.15, 0.2) is 30.3 Å². The summed E-state index contributed by atoms with van der Waals surface area (Å²) in [6.45, 7) is 3.87. The van der Waals surface area contributed by atoms with Crippen LogP contribution in [0.3, 0.4) is 0 Å². The molecule has 5 nitrogen and oxygen atoms in total. The summed E-state index contributed by atoms with van der Waals surface area (Å²) in [6.07, 6.45) is 0. The Hall–Kier alpha value is -2.14. The maximum Gasteiger partial charge on any atom is 0.246 e. The van der Waals surface area contributed by atoms with Crippen molar-refractivity contribution >= 4 is 11.6 Å². The average Bonchev–Trinajstić information content (AvgIpc) is 2.68. The Morgan fingerprint density at radius 2 is 2.11 bits per heavy atom. The fourth-order valence-electron chi connectivity index (χ4n) is 1.94. The Balaban J connectivity index is 2.07. The first-order valence-electron chi connectivity index (χ1n) is 6.10. The van der Waals surface area contributed by atoms with Crippen LogP contribution in [-0.2, 0) is 17.9 Å². The second-order valence-electron chi connectivity index (χ2n) is 4.45. The predicted molar refractivity (Wildman–Crippen MR) is 72.7 cm³/mol. The number of hydrogen-bond donors (Lipinski definition) is 2. The molecule has 1 aromatic carbocycles. The molecule has 1 heterocycles. The van der Waals surface area contributed by atoms with Crippen LogP contribution >= 0.6 is 0 Å². The van der Waals surface area contributed by atoms with Crippen molar-refractivity contribution in [1.29, 1.82) is 0 Å². The number of para-hydroxylation sites is 1. The van der Waals surface area contributed by atoms with Gasteiger partial charge in [0.05, 0.1) is 12.3 Å². The fourth-order valence-corrected chi connectivity index (χ4v) is 1.94. The van der Waals surface area contributed by atoms with Crippen molar-refractivity contribution in [1.82, 2.24) is 9.78 Å². The van der Waals surface area contributed by atoms with Crippen LogP contribution < -0.4 is 5.32 Å². The second-order valence-corrected chi connectivity index (χ2v) is 4.45. The highest BCUT2D eigenvalue weighted by Gasteiger charge is 2.09. The third-order valence-corrected chi connectivity index (χ3v) is 2.86. The molecule has 100 valence electrons. The minimum Gasteiger partial charge on any atom is -0.392 e. The molecule has 0 spiro atoms. The molecule has 0 bridgehead atoms. The van der Waals surface area contributed by atoms with Gasteiger partial charge in [0.25, 0.3) is 0 Å². The zero-order valence-corrected chi connectivity index (χ0v) is 11.1. The SMILES string of the molecule is Cc1cc(C)n(CC(=O)Nc2ccccc2CO)n1. The quantitative estimate of drug-likeness (QED) is 0.877. The highest BCUT2D eigenvalue weighted by atomic mass is 16.3. The molecule has 19 heavy (non-hydrogen) atoms. The molecule has 0 aliphatic heterocycles. The number of carbonyl (C=O) groups excluding carboxylic acids is 1. The Morgan fingerprint density at radius 3 is 2.74 bits per heavy atom. The Kier molecular flexibility index (Phi) is 3.97. The number of aromatic nitrogens is 2. The molecule has 0 aliphatic rings. The van der Waals surface area contributed by atoms with E-state index in [4.69, 9.17) is 0 Å². The Labute approximate surface area is 111 Å². The topological polar surface area (TPSA) is 67.2 Å². The van der Waals surface area contributed by atoms with Crippen molar-refractivity contribution < 1.29 is 9.90 Å². The van der Waals surface area contributed by atoms with Gasteiger partial charge in [-0.25, -0.2) is 0 Å². The summed E-state index contributed by atoms with van der Waals surface area (Å²) in [4.78, 5) is 12.0. The summed E-state index contributed by atoms with van der Waals surface area (Å²) >= 11 is 0. The van der Waals surface area contributed by atoms with Gasteiger partial charge < -0.3 is 10.4 Å². The molecule has 2 rings (SSSR count). The zero-order chi connectivity index (χ0) is 13.8.